The first kappa shape index (κ1) is 13.0. The van der Waals surface area contributed by atoms with Crippen molar-refractivity contribution >= 4 is 11.6 Å². The molecule has 0 amide bonds. The summed E-state index contributed by atoms with van der Waals surface area (Å²) in [7, 11) is 0. The van der Waals surface area contributed by atoms with Crippen LogP contribution in [0.2, 0.25) is 0 Å². The Morgan fingerprint density at radius 2 is 1.83 bits per heavy atom. The van der Waals surface area contributed by atoms with E-state index >= 15 is 0 Å². The Hall–Kier alpha value is -1.41. The number of rotatable bonds is 5. The molecule has 0 aliphatic heterocycles. The summed E-state index contributed by atoms with van der Waals surface area (Å²) in [5.41, 5.74) is 1.01. The highest BCUT2D eigenvalue weighted by Gasteiger charge is 2.14. The van der Waals surface area contributed by atoms with Crippen LogP contribution in [0.3, 0.4) is 0 Å². The Morgan fingerprint density at radius 3 is 2.39 bits per heavy atom. The molecular formula is C15H17ClO2. The lowest BCUT2D eigenvalue weighted by Gasteiger charge is -2.08. The van der Waals surface area contributed by atoms with Gasteiger partial charge in [0.1, 0.15) is 22.6 Å². The Labute approximate surface area is 113 Å². The van der Waals surface area contributed by atoms with E-state index in [1.54, 1.807) is 0 Å². The third kappa shape index (κ3) is 2.88. The van der Waals surface area contributed by atoms with E-state index in [4.69, 9.17) is 20.8 Å². The minimum atomic E-state index is -0.249. The molecule has 2 nitrogen and oxygen atoms in total. The topological polar surface area (TPSA) is 22.4 Å². The second-order valence-electron chi connectivity index (χ2n) is 4.02. The number of benzene rings is 1. The maximum absolute atomic E-state index is 6.40. The average molecular weight is 265 g/mol. The molecule has 0 fully saturated rings. The average Bonchev–Trinajstić information content (AvgIpc) is 2.88. The molecule has 1 atom stereocenters. The first-order valence-electron chi connectivity index (χ1n) is 6.20. The minimum absolute atomic E-state index is 0.249. The molecule has 18 heavy (non-hydrogen) atoms. The lowest BCUT2D eigenvalue weighted by molar-refractivity contribution is 0.340. The molecule has 0 saturated heterocycles. The van der Waals surface area contributed by atoms with E-state index in [2.05, 4.69) is 6.92 Å². The molecule has 0 saturated carbocycles. The molecule has 2 aromatic rings. The molecule has 0 spiro atoms. The fraction of sp³-hybridized carbons (Fsp3) is 0.333. The number of aryl methyl sites for hydroxylation is 1. The Bertz CT molecular complexity index is 487. The fourth-order valence-electron chi connectivity index (χ4n) is 1.78. The van der Waals surface area contributed by atoms with Gasteiger partial charge in [-0.15, -0.1) is 11.6 Å². The highest BCUT2D eigenvalue weighted by Crippen LogP contribution is 2.31. The van der Waals surface area contributed by atoms with Gasteiger partial charge in [0.15, 0.2) is 0 Å². The molecule has 0 aliphatic rings. The van der Waals surface area contributed by atoms with Crippen LogP contribution in [0.1, 0.15) is 36.3 Å². The molecule has 1 heterocycles. The number of hydrogen-bond acceptors (Lipinski definition) is 2. The fourth-order valence-corrected chi connectivity index (χ4v) is 2.05. The van der Waals surface area contributed by atoms with Crippen LogP contribution in [0.4, 0.5) is 0 Å². The van der Waals surface area contributed by atoms with Gasteiger partial charge in [0.25, 0.3) is 0 Å². The largest absolute Gasteiger partial charge is 0.494 e. The third-order valence-electron chi connectivity index (χ3n) is 2.76. The van der Waals surface area contributed by atoms with Crippen molar-refractivity contribution < 1.29 is 9.15 Å². The highest BCUT2D eigenvalue weighted by atomic mass is 35.5. The zero-order chi connectivity index (χ0) is 13.0. The summed E-state index contributed by atoms with van der Waals surface area (Å²) in [4.78, 5) is 0. The highest BCUT2D eigenvalue weighted by molar-refractivity contribution is 6.22. The number of alkyl halides is 1. The second-order valence-corrected chi connectivity index (χ2v) is 4.46. The standard InChI is InChI=1S/C15H17ClO2/c1-3-12-9-10-14(18-12)15(16)11-5-7-13(8-6-11)17-4-2/h5-10,15H,3-4H2,1-2H3. The van der Waals surface area contributed by atoms with Crippen molar-refractivity contribution in [2.75, 3.05) is 6.61 Å². The van der Waals surface area contributed by atoms with Crippen molar-refractivity contribution in [2.45, 2.75) is 25.6 Å². The minimum Gasteiger partial charge on any atom is -0.494 e. The normalized spacial score (nSPS) is 12.4. The molecule has 96 valence electrons. The summed E-state index contributed by atoms with van der Waals surface area (Å²) in [6, 6.07) is 11.7. The summed E-state index contributed by atoms with van der Waals surface area (Å²) in [6.07, 6.45) is 0.882. The van der Waals surface area contributed by atoms with E-state index in [0.717, 1.165) is 29.3 Å². The summed E-state index contributed by atoms with van der Waals surface area (Å²) >= 11 is 6.40. The zero-order valence-corrected chi connectivity index (χ0v) is 11.4. The van der Waals surface area contributed by atoms with Gasteiger partial charge in [-0.25, -0.2) is 0 Å². The van der Waals surface area contributed by atoms with Gasteiger partial charge in [-0.1, -0.05) is 19.1 Å². The predicted molar refractivity (Wildman–Crippen MR) is 73.4 cm³/mol. The summed E-state index contributed by atoms with van der Waals surface area (Å²) in [6.45, 7) is 4.69. The molecule has 0 radical (unpaired) electrons. The Balaban J connectivity index is 2.14. The van der Waals surface area contributed by atoms with Crippen molar-refractivity contribution in [2.24, 2.45) is 0 Å². The van der Waals surface area contributed by atoms with Crippen LogP contribution in [0, 0.1) is 0 Å². The smallest absolute Gasteiger partial charge is 0.126 e. The maximum Gasteiger partial charge on any atom is 0.126 e. The van der Waals surface area contributed by atoms with Gasteiger partial charge in [0.05, 0.1) is 6.61 Å². The van der Waals surface area contributed by atoms with Gasteiger partial charge < -0.3 is 9.15 Å². The van der Waals surface area contributed by atoms with Gasteiger partial charge in [0, 0.05) is 6.42 Å². The lowest BCUT2D eigenvalue weighted by Crippen LogP contribution is -1.94. The molecule has 1 aromatic heterocycles. The summed E-state index contributed by atoms with van der Waals surface area (Å²) in [5.74, 6) is 2.61. The van der Waals surface area contributed by atoms with Crippen molar-refractivity contribution in [1.29, 1.82) is 0 Å². The summed E-state index contributed by atoms with van der Waals surface area (Å²) in [5, 5.41) is -0.249. The molecule has 1 unspecified atom stereocenters. The Kier molecular flexibility index (Phi) is 4.32. The van der Waals surface area contributed by atoms with Gasteiger partial charge in [-0.2, -0.15) is 0 Å². The first-order valence-corrected chi connectivity index (χ1v) is 6.63. The van der Waals surface area contributed by atoms with E-state index in [-0.39, 0.29) is 5.38 Å². The molecule has 3 heteroatoms. The van der Waals surface area contributed by atoms with Crippen molar-refractivity contribution in [3.8, 4) is 5.75 Å². The van der Waals surface area contributed by atoms with Gasteiger partial charge in [0.2, 0.25) is 0 Å². The quantitative estimate of drug-likeness (QED) is 0.738. The van der Waals surface area contributed by atoms with Crippen LogP contribution in [-0.2, 0) is 6.42 Å². The van der Waals surface area contributed by atoms with Crippen molar-refractivity contribution in [3.63, 3.8) is 0 Å². The molecule has 2 rings (SSSR count). The predicted octanol–water partition coefficient (Wildman–Crippen LogP) is 4.57. The molecule has 0 N–H and O–H groups in total. The number of ether oxygens (including phenoxy) is 1. The van der Waals surface area contributed by atoms with Crippen LogP contribution >= 0.6 is 11.6 Å². The van der Waals surface area contributed by atoms with E-state index in [1.165, 1.54) is 0 Å². The van der Waals surface area contributed by atoms with Gasteiger partial charge in [-0.05, 0) is 36.8 Å². The monoisotopic (exact) mass is 264 g/mol. The number of hydrogen-bond donors (Lipinski definition) is 0. The SMILES string of the molecule is CCOc1ccc(C(Cl)c2ccc(CC)o2)cc1. The number of halogens is 1. The van der Waals surface area contributed by atoms with Crippen molar-refractivity contribution in [1.82, 2.24) is 0 Å². The maximum atomic E-state index is 6.40. The second kappa shape index (κ2) is 5.96. The molecule has 0 aliphatic carbocycles. The molecule has 0 bridgehead atoms. The molecule has 1 aromatic carbocycles. The van der Waals surface area contributed by atoms with Crippen LogP contribution in [0.15, 0.2) is 40.8 Å². The van der Waals surface area contributed by atoms with E-state index in [0.29, 0.717) is 6.61 Å². The van der Waals surface area contributed by atoms with Gasteiger partial charge >= 0.3 is 0 Å². The van der Waals surface area contributed by atoms with Crippen LogP contribution in [-0.4, -0.2) is 6.61 Å². The Morgan fingerprint density at radius 1 is 1.11 bits per heavy atom. The number of furan rings is 1. The first-order chi connectivity index (χ1) is 8.74. The van der Waals surface area contributed by atoms with E-state index in [9.17, 15) is 0 Å². The van der Waals surface area contributed by atoms with Crippen LogP contribution in [0.25, 0.3) is 0 Å². The molecular weight excluding hydrogens is 248 g/mol. The van der Waals surface area contributed by atoms with E-state index < -0.39 is 0 Å². The zero-order valence-electron chi connectivity index (χ0n) is 10.7. The lowest BCUT2D eigenvalue weighted by atomic mass is 10.1. The summed E-state index contributed by atoms with van der Waals surface area (Å²) < 4.78 is 11.1. The van der Waals surface area contributed by atoms with Crippen LogP contribution < -0.4 is 4.74 Å². The van der Waals surface area contributed by atoms with Gasteiger partial charge in [-0.3, -0.25) is 0 Å². The third-order valence-corrected chi connectivity index (χ3v) is 3.23. The van der Waals surface area contributed by atoms with Crippen LogP contribution in [0.5, 0.6) is 5.75 Å². The van der Waals surface area contributed by atoms with Crippen molar-refractivity contribution in [3.05, 3.63) is 53.5 Å². The van der Waals surface area contributed by atoms with E-state index in [1.807, 2.05) is 43.3 Å².